The molecular formula is C11H19N2ORe-. The third-order valence-electron chi connectivity index (χ3n) is 3.71. The van der Waals surface area contributed by atoms with Crippen LogP contribution < -0.4 is 0 Å². The molecular weight excluding hydrogens is 362 g/mol. The van der Waals surface area contributed by atoms with Crippen molar-refractivity contribution in [1.82, 2.24) is 4.90 Å². The number of likely N-dealkylation sites (tertiary alicyclic amines) is 1. The van der Waals surface area contributed by atoms with Gasteiger partial charge in [0.25, 0.3) is 0 Å². The fourth-order valence-corrected chi connectivity index (χ4v) is 2.54. The summed E-state index contributed by atoms with van der Waals surface area (Å²) in [5.41, 5.74) is 0.252. The van der Waals surface area contributed by atoms with Gasteiger partial charge in [-0.3, -0.25) is 0 Å². The zero-order valence-electron chi connectivity index (χ0n) is 9.50. The van der Waals surface area contributed by atoms with Gasteiger partial charge in [-0.1, -0.05) is 0 Å². The molecule has 2 rings (SSSR count). The average Bonchev–Trinajstić information content (AvgIpc) is 2.48. The van der Waals surface area contributed by atoms with Crippen LogP contribution in [0.25, 0.3) is 5.32 Å². The second-order valence-corrected chi connectivity index (χ2v) is 5.02. The third-order valence-corrected chi connectivity index (χ3v) is 3.71. The average molecular weight is 381 g/mol. The van der Waals surface area contributed by atoms with Gasteiger partial charge < -0.3 is 15.0 Å². The Morgan fingerprint density at radius 1 is 1.33 bits per heavy atom. The molecule has 4 heteroatoms. The molecule has 2 aliphatic heterocycles. The maximum atomic E-state index is 11.2. The van der Waals surface area contributed by atoms with E-state index in [0.29, 0.717) is 12.5 Å². The number of carbonyl (C=O) groups is 1. The molecule has 0 unspecified atom stereocenters. The van der Waals surface area contributed by atoms with Crippen molar-refractivity contribution in [3.8, 4) is 0 Å². The Morgan fingerprint density at radius 2 is 1.93 bits per heavy atom. The second kappa shape index (κ2) is 4.95. The molecule has 2 heterocycles. The molecule has 0 N–H and O–H groups in total. The van der Waals surface area contributed by atoms with E-state index in [0.717, 1.165) is 32.5 Å². The second-order valence-electron chi connectivity index (χ2n) is 5.02. The Balaban J connectivity index is 0.00000112. The minimum Gasteiger partial charge on any atom is -0.653 e. The van der Waals surface area contributed by atoms with Crippen molar-refractivity contribution in [1.29, 1.82) is 0 Å². The van der Waals surface area contributed by atoms with Gasteiger partial charge in [0, 0.05) is 26.5 Å². The molecule has 2 aliphatic rings. The van der Waals surface area contributed by atoms with Gasteiger partial charge in [-0.15, -0.1) is 6.54 Å². The fourth-order valence-electron chi connectivity index (χ4n) is 2.54. The Morgan fingerprint density at radius 3 is 2.33 bits per heavy atom. The molecule has 0 aromatic rings. The van der Waals surface area contributed by atoms with Crippen LogP contribution >= 0.6 is 0 Å². The maximum Gasteiger partial charge on any atom is 0.0516 e. The smallest absolute Gasteiger partial charge is 0.0516 e. The fraction of sp³-hybridized carbons (Fsp3) is 0.909. The largest absolute Gasteiger partial charge is 0.653 e. The van der Waals surface area contributed by atoms with E-state index in [1.807, 2.05) is 0 Å². The molecule has 1 radical (unpaired) electrons. The molecule has 0 aliphatic carbocycles. The molecule has 15 heavy (non-hydrogen) atoms. The van der Waals surface area contributed by atoms with Gasteiger partial charge in [-0.2, -0.15) is 0 Å². The maximum absolute atomic E-state index is 11.2. The number of amides is 1. The van der Waals surface area contributed by atoms with Crippen molar-refractivity contribution in [3.05, 3.63) is 5.32 Å². The van der Waals surface area contributed by atoms with Gasteiger partial charge in [0.15, 0.2) is 0 Å². The molecule has 0 aromatic heterocycles. The SMILES string of the molecule is CC(C)N1CCC2(CC1)C[N-]C(=O)C2.[Re]. The van der Waals surface area contributed by atoms with Crippen molar-refractivity contribution < 1.29 is 25.2 Å². The third kappa shape index (κ3) is 2.81. The van der Waals surface area contributed by atoms with Crippen LogP contribution in [-0.2, 0) is 25.2 Å². The molecule has 0 saturated carbocycles. The Hall–Kier alpha value is 0.0923. The van der Waals surface area contributed by atoms with Crippen LogP contribution in [0.1, 0.15) is 33.1 Å². The summed E-state index contributed by atoms with van der Waals surface area (Å²) < 4.78 is 0. The van der Waals surface area contributed by atoms with Crippen molar-refractivity contribution in [2.24, 2.45) is 5.41 Å². The van der Waals surface area contributed by atoms with Crippen LogP contribution in [-0.4, -0.2) is 36.5 Å². The van der Waals surface area contributed by atoms with Crippen LogP contribution in [0.5, 0.6) is 0 Å². The summed E-state index contributed by atoms with van der Waals surface area (Å²) >= 11 is 0. The summed E-state index contributed by atoms with van der Waals surface area (Å²) in [6.45, 7) is 7.54. The summed E-state index contributed by atoms with van der Waals surface area (Å²) in [6.07, 6.45) is 3.01. The van der Waals surface area contributed by atoms with E-state index in [1.54, 1.807) is 0 Å². The van der Waals surface area contributed by atoms with E-state index in [4.69, 9.17) is 0 Å². The minimum absolute atomic E-state index is 0. The van der Waals surface area contributed by atoms with Crippen LogP contribution in [0, 0.1) is 5.41 Å². The molecule has 87 valence electrons. The van der Waals surface area contributed by atoms with Gasteiger partial charge in [0.05, 0.1) is 5.91 Å². The van der Waals surface area contributed by atoms with Crippen molar-refractivity contribution in [2.45, 2.75) is 39.2 Å². The van der Waals surface area contributed by atoms with E-state index in [2.05, 4.69) is 24.1 Å². The summed E-state index contributed by atoms with van der Waals surface area (Å²) in [7, 11) is 0. The molecule has 2 saturated heterocycles. The zero-order chi connectivity index (χ0) is 10.2. The number of carbonyl (C=O) groups excluding carboxylic acids is 1. The number of hydrogen-bond acceptors (Lipinski definition) is 2. The first kappa shape index (κ1) is 13.2. The first-order valence-electron chi connectivity index (χ1n) is 5.56. The molecule has 0 atom stereocenters. The topological polar surface area (TPSA) is 34.4 Å². The predicted molar refractivity (Wildman–Crippen MR) is 56.2 cm³/mol. The van der Waals surface area contributed by atoms with Crippen LogP contribution in [0.15, 0.2) is 0 Å². The normalized spacial score (nSPS) is 25.4. The number of rotatable bonds is 1. The van der Waals surface area contributed by atoms with E-state index in [9.17, 15) is 4.79 Å². The predicted octanol–water partition coefficient (Wildman–Crippen LogP) is 1.78. The first-order valence-corrected chi connectivity index (χ1v) is 5.56. The van der Waals surface area contributed by atoms with Gasteiger partial charge in [0.2, 0.25) is 0 Å². The molecule has 1 spiro atoms. The van der Waals surface area contributed by atoms with Crippen molar-refractivity contribution in [3.63, 3.8) is 0 Å². The van der Waals surface area contributed by atoms with E-state index in [1.165, 1.54) is 0 Å². The van der Waals surface area contributed by atoms with Crippen LogP contribution in [0.2, 0.25) is 0 Å². The monoisotopic (exact) mass is 382 g/mol. The molecule has 0 aromatic carbocycles. The Bertz CT molecular complexity index is 235. The van der Waals surface area contributed by atoms with Crippen molar-refractivity contribution >= 4 is 5.91 Å². The van der Waals surface area contributed by atoms with E-state index < -0.39 is 0 Å². The zero-order valence-corrected chi connectivity index (χ0v) is 12.2. The van der Waals surface area contributed by atoms with Gasteiger partial charge in [0.1, 0.15) is 0 Å². The standard InChI is InChI=1S/C11H20N2O.Re/c1-9(2)13-5-3-11(4-6-13)7-10(14)12-8-11;/h9H,3-8H2,1-2H3,(H,12,14);/p-1. The number of hydrogen-bond donors (Lipinski definition) is 0. The summed E-state index contributed by atoms with van der Waals surface area (Å²) in [5.74, 6) is 0.128. The minimum atomic E-state index is 0. The van der Waals surface area contributed by atoms with E-state index >= 15 is 0 Å². The van der Waals surface area contributed by atoms with Gasteiger partial charge >= 0.3 is 0 Å². The number of piperidine rings is 1. The molecule has 2 fully saturated rings. The Labute approximate surface area is 106 Å². The van der Waals surface area contributed by atoms with Crippen LogP contribution in [0.4, 0.5) is 0 Å². The van der Waals surface area contributed by atoms with Gasteiger partial charge in [-0.25, -0.2) is 0 Å². The summed E-state index contributed by atoms with van der Waals surface area (Å²) in [4.78, 5) is 13.6. The van der Waals surface area contributed by atoms with Gasteiger partial charge in [-0.05, 0) is 51.6 Å². The quantitative estimate of drug-likeness (QED) is 0.694. The Kier molecular flexibility index (Phi) is 4.34. The first-order chi connectivity index (χ1) is 6.61. The summed E-state index contributed by atoms with van der Waals surface area (Å²) in [5, 5.41) is 4.03. The molecule has 0 bridgehead atoms. The van der Waals surface area contributed by atoms with Crippen LogP contribution in [0.3, 0.4) is 0 Å². The molecule has 1 amide bonds. The van der Waals surface area contributed by atoms with Crippen molar-refractivity contribution in [2.75, 3.05) is 19.6 Å². The number of nitrogens with zero attached hydrogens (tertiary/aromatic N) is 2. The molecule has 3 nitrogen and oxygen atoms in total. The summed E-state index contributed by atoms with van der Waals surface area (Å²) in [6, 6.07) is 0.640. The van der Waals surface area contributed by atoms with E-state index in [-0.39, 0.29) is 31.7 Å².